The molecule has 94 valence electrons. The van der Waals surface area contributed by atoms with Crippen molar-refractivity contribution in [3.05, 3.63) is 47.7 Å². The molecule has 18 heavy (non-hydrogen) atoms. The maximum Gasteiger partial charge on any atom is 0.238 e. The van der Waals surface area contributed by atoms with E-state index in [1.165, 1.54) is 19.3 Å². The number of halogens is 1. The van der Waals surface area contributed by atoms with Gasteiger partial charge in [-0.3, -0.25) is 0 Å². The summed E-state index contributed by atoms with van der Waals surface area (Å²) in [6, 6.07) is 9.80. The lowest BCUT2D eigenvalue weighted by atomic mass is 9.83. The molecule has 0 bridgehead atoms. The van der Waals surface area contributed by atoms with E-state index in [0.717, 1.165) is 23.8 Å². The molecule has 1 unspecified atom stereocenters. The van der Waals surface area contributed by atoms with E-state index in [-0.39, 0.29) is 5.38 Å². The normalized spacial score (nSPS) is 17.4. The first-order valence-electron chi connectivity index (χ1n) is 6.34. The van der Waals surface area contributed by atoms with Gasteiger partial charge in [0.1, 0.15) is 5.38 Å². The van der Waals surface area contributed by atoms with Gasteiger partial charge in [0.15, 0.2) is 0 Å². The third-order valence-corrected chi connectivity index (χ3v) is 3.92. The number of nitrogens with zero attached hydrogens (tertiary/aromatic N) is 2. The van der Waals surface area contributed by atoms with Crippen LogP contribution in [0, 0.1) is 5.92 Å². The van der Waals surface area contributed by atoms with Crippen molar-refractivity contribution >= 4 is 11.6 Å². The van der Waals surface area contributed by atoms with E-state index in [2.05, 4.69) is 10.2 Å². The second kappa shape index (κ2) is 5.11. The molecule has 0 N–H and O–H groups in total. The summed E-state index contributed by atoms with van der Waals surface area (Å²) in [5.74, 6) is 1.94. The summed E-state index contributed by atoms with van der Waals surface area (Å²) in [5, 5.41) is 7.79. The highest BCUT2D eigenvalue weighted by atomic mass is 35.5. The number of rotatable bonds is 4. The number of alkyl halides is 1. The molecule has 3 nitrogen and oxygen atoms in total. The second-order valence-electron chi connectivity index (χ2n) is 4.81. The van der Waals surface area contributed by atoms with E-state index in [4.69, 9.17) is 16.0 Å². The van der Waals surface area contributed by atoms with Crippen molar-refractivity contribution in [2.24, 2.45) is 5.92 Å². The summed E-state index contributed by atoms with van der Waals surface area (Å²) in [4.78, 5) is 0. The van der Waals surface area contributed by atoms with Crippen LogP contribution in [-0.2, 0) is 6.42 Å². The minimum Gasteiger partial charge on any atom is -0.423 e. The Morgan fingerprint density at radius 3 is 2.67 bits per heavy atom. The molecule has 1 aliphatic rings. The van der Waals surface area contributed by atoms with Crippen molar-refractivity contribution in [1.29, 1.82) is 0 Å². The van der Waals surface area contributed by atoms with E-state index in [1.54, 1.807) is 0 Å². The van der Waals surface area contributed by atoms with Crippen molar-refractivity contribution < 1.29 is 4.42 Å². The van der Waals surface area contributed by atoms with E-state index in [9.17, 15) is 0 Å². The summed E-state index contributed by atoms with van der Waals surface area (Å²) in [6.07, 6.45) is 4.78. The van der Waals surface area contributed by atoms with Crippen LogP contribution >= 0.6 is 11.6 Å². The van der Waals surface area contributed by atoms with Crippen LogP contribution in [0.25, 0.3) is 0 Å². The van der Waals surface area contributed by atoms with Crippen LogP contribution in [-0.4, -0.2) is 10.2 Å². The van der Waals surface area contributed by atoms with Gasteiger partial charge in [0, 0.05) is 6.42 Å². The fourth-order valence-electron chi connectivity index (χ4n) is 2.16. The summed E-state index contributed by atoms with van der Waals surface area (Å²) >= 11 is 6.33. The standard InChI is InChI=1S/C14H15ClN2O/c15-13(11-7-2-1-3-8-11)14-17-16-12(18-14)9-10-5-4-6-10/h1-3,7-8,10,13H,4-6,9H2. The Morgan fingerprint density at radius 1 is 1.22 bits per heavy atom. The van der Waals surface area contributed by atoms with Crippen LogP contribution in [0.15, 0.2) is 34.7 Å². The van der Waals surface area contributed by atoms with Gasteiger partial charge >= 0.3 is 0 Å². The van der Waals surface area contributed by atoms with Crippen molar-refractivity contribution in [3.63, 3.8) is 0 Å². The first-order chi connectivity index (χ1) is 8.83. The fraction of sp³-hybridized carbons (Fsp3) is 0.429. The molecule has 0 amide bonds. The predicted octanol–water partition coefficient (Wildman–Crippen LogP) is 3.74. The first-order valence-corrected chi connectivity index (χ1v) is 6.78. The molecule has 2 aromatic rings. The van der Waals surface area contributed by atoms with Gasteiger partial charge in [-0.25, -0.2) is 0 Å². The van der Waals surface area contributed by atoms with Crippen LogP contribution in [0.4, 0.5) is 0 Å². The molecular formula is C14H15ClN2O. The average molecular weight is 263 g/mol. The summed E-state index contributed by atoms with van der Waals surface area (Å²) in [7, 11) is 0. The molecule has 1 aromatic heterocycles. The number of hydrogen-bond donors (Lipinski definition) is 0. The molecule has 0 saturated heterocycles. The molecule has 3 rings (SSSR count). The Kier molecular flexibility index (Phi) is 3.33. The molecular weight excluding hydrogens is 248 g/mol. The van der Waals surface area contributed by atoms with Gasteiger partial charge in [0.25, 0.3) is 0 Å². The lowest BCUT2D eigenvalue weighted by molar-refractivity contribution is 0.287. The van der Waals surface area contributed by atoms with Crippen molar-refractivity contribution in [2.45, 2.75) is 31.1 Å². The summed E-state index contributed by atoms with van der Waals surface area (Å²) in [6.45, 7) is 0. The Balaban J connectivity index is 1.72. The monoisotopic (exact) mass is 262 g/mol. The van der Waals surface area contributed by atoms with Crippen LogP contribution in [0.2, 0.25) is 0 Å². The van der Waals surface area contributed by atoms with Gasteiger partial charge < -0.3 is 4.42 Å². The van der Waals surface area contributed by atoms with Gasteiger partial charge in [-0.05, 0) is 24.3 Å². The van der Waals surface area contributed by atoms with Crippen LogP contribution in [0.3, 0.4) is 0 Å². The number of hydrogen-bond acceptors (Lipinski definition) is 3. The summed E-state index contributed by atoms with van der Waals surface area (Å²) < 4.78 is 5.65. The molecule has 0 aliphatic heterocycles. The molecule has 0 spiro atoms. The maximum absolute atomic E-state index is 6.33. The largest absolute Gasteiger partial charge is 0.423 e. The Bertz CT molecular complexity index is 508. The zero-order valence-corrected chi connectivity index (χ0v) is 10.8. The fourth-order valence-corrected chi connectivity index (χ4v) is 2.39. The molecule has 1 atom stereocenters. The maximum atomic E-state index is 6.33. The Labute approximate surface area is 111 Å². The molecule has 1 aromatic carbocycles. The zero-order valence-electron chi connectivity index (χ0n) is 10.1. The van der Waals surface area contributed by atoms with Crippen LogP contribution < -0.4 is 0 Å². The smallest absolute Gasteiger partial charge is 0.238 e. The van der Waals surface area contributed by atoms with E-state index >= 15 is 0 Å². The molecule has 1 fully saturated rings. The van der Waals surface area contributed by atoms with Gasteiger partial charge in [0.05, 0.1) is 0 Å². The van der Waals surface area contributed by atoms with Crippen molar-refractivity contribution in [1.82, 2.24) is 10.2 Å². The number of aromatic nitrogens is 2. The molecule has 4 heteroatoms. The van der Waals surface area contributed by atoms with Gasteiger partial charge in [-0.2, -0.15) is 0 Å². The minimum absolute atomic E-state index is 0.353. The lowest BCUT2D eigenvalue weighted by Gasteiger charge is -2.23. The quantitative estimate of drug-likeness (QED) is 0.788. The molecule has 1 saturated carbocycles. The molecule has 1 heterocycles. The summed E-state index contributed by atoms with van der Waals surface area (Å²) in [5.41, 5.74) is 0.984. The highest BCUT2D eigenvalue weighted by Crippen LogP contribution is 2.31. The Hall–Kier alpha value is -1.35. The minimum atomic E-state index is -0.353. The molecule has 0 radical (unpaired) electrons. The van der Waals surface area contributed by atoms with Gasteiger partial charge in [0.2, 0.25) is 11.8 Å². The second-order valence-corrected chi connectivity index (χ2v) is 5.24. The van der Waals surface area contributed by atoms with E-state index in [0.29, 0.717) is 5.89 Å². The highest BCUT2D eigenvalue weighted by Gasteiger charge is 2.22. The predicted molar refractivity (Wildman–Crippen MR) is 69.5 cm³/mol. The van der Waals surface area contributed by atoms with Gasteiger partial charge in [-0.1, -0.05) is 36.8 Å². The molecule has 1 aliphatic carbocycles. The third kappa shape index (κ3) is 2.41. The van der Waals surface area contributed by atoms with Crippen LogP contribution in [0.1, 0.15) is 42.0 Å². The van der Waals surface area contributed by atoms with E-state index < -0.39 is 0 Å². The number of benzene rings is 1. The van der Waals surface area contributed by atoms with Crippen molar-refractivity contribution in [2.75, 3.05) is 0 Å². The SMILES string of the molecule is ClC(c1ccccc1)c1nnc(CC2CCC2)o1. The van der Waals surface area contributed by atoms with Gasteiger partial charge in [-0.15, -0.1) is 21.8 Å². The van der Waals surface area contributed by atoms with Crippen LogP contribution in [0.5, 0.6) is 0 Å². The lowest BCUT2D eigenvalue weighted by Crippen LogP contribution is -2.13. The Morgan fingerprint density at radius 2 is 2.00 bits per heavy atom. The zero-order chi connectivity index (χ0) is 12.4. The topological polar surface area (TPSA) is 38.9 Å². The average Bonchev–Trinajstić information content (AvgIpc) is 2.83. The van der Waals surface area contributed by atoms with E-state index in [1.807, 2.05) is 30.3 Å². The highest BCUT2D eigenvalue weighted by molar-refractivity contribution is 6.22. The van der Waals surface area contributed by atoms with Crippen molar-refractivity contribution in [3.8, 4) is 0 Å². The first kappa shape index (κ1) is 11.7. The third-order valence-electron chi connectivity index (χ3n) is 3.48.